The molecule has 2 aromatic heterocycles. The Bertz CT molecular complexity index is 5880. The van der Waals surface area contributed by atoms with Gasteiger partial charge in [0.1, 0.15) is 11.2 Å². The normalized spacial score (nSPS) is 14.4. The number of para-hydroxylation sites is 1. The first kappa shape index (κ1) is 50.5. The van der Waals surface area contributed by atoms with Crippen LogP contribution in [0.3, 0.4) is 0 Å². The highest BCUT2D eigenvalue weighted by Gasteiger charge is 2.53. The fourth-order valence-electron chi connectivity index (χ4n) is 17.2. The number of aromatic nitrogens is 2. The SMILES string of the molecule is C/C=C(\C=C(/C)c1cnc2c3cc(-c4ccc5c(c4)C4(c6ccccc6-c6ccccc64)c4ccccc4-5)ccc3c3ccc(-c4ccc5c(c4)C4(c6ccccc6-c6ccccc64)c4ccccc4-5)cc3c2n1)c1cc2ccccc2c2c1oc1ccccc12. The fraction of sp³-hybridized carbons (Fsp3) is 0.0455. The number of fused-ring (bicyclic) bond motifs is 31. The number of nitrogens with zero attached hydrogens (tertiary/aromatic N) is 2. The van der Waals surface area contributed by atoms with Crippen LogP contribution in [0.15, 0.2) is 296 Å². The van der Waals surface area contributed by atoms with Crippen LogP contribution in [0.5, 0.6) is 0 Å². The van der Waals surface area contributed by atoms with Gasteiger partial charge in [0.05, 0.1) is 33.8 Å². The molecule has 0 amide bonds. The Morgan fingerprint density at radius 3 is 1.26 bits per heavy atom. The molecule has 0 saturated heterocycles. The monoisotopic (exact) mass is 1150 g/mol. The van der Waals surface area contributed by atoms with Crippen LogP contribution in [-0.2, 0) is 10.8 Å². The lowest BCUT2D eigenvalue weighted by atomic mass is 9.70. The molecule has 2 heterocycles. The van der Waals surface area contributed by atoms with E-state index < -0.39 is 10.8 Å². The second-order valence-electron chi connectivity index (χ2n) is 25.3. The quantitative estimate of drug-likeness (QED) is 0.127. The maximum Gasteiger partial charge on any atom is 0.143 e. The second-order valence-corrected chi connectivity index (χ2v) is 25.3. The van der Waals surface area contributed by atoms with E-state index in [4.69, 9.17) is 14.4 Å². The Kier molecular flexibility index (Phi) is 10.3. The Morgan fingerprint density at radius 1 is 0.363 bits per heavy atom. The van der Waals surface area contributed by atoms with E-state index in [1.54, 1.807) is 0 Å². The van der Waals surface area contributed by atoms with Crippen LogP contribution in [0, 0.1) is 0 Å². The average Bonchev–Trinajstić information content (AvgIpc) is 1.52. The van der Waals surface area contributed by atoms with Gasteiger partial charge >= 0.3 is 0 Å². The molecule has 0 atom stereocenters. The summed E-state index contributed by atoms with van der Waals surface area (Å²) in [6.45, 7) is 4.28. The summed E-state index contributed by atoms with van der Waals surface area (Å²) in [4.78, 5) is 11.3. The standard InChI is InChI=1S/C88H54N2O/c1-3-52(70-47-57-20-4-5-21-58(57)83-69-28-12-19-35-82(69)91-86(70)83)44-51(2)81-50-89-84-71-45-53(55-38-42-67-65-26-10-17-33-77(65)87(79(67)48-55)73-29-13-6-22-61(73)62-23-7-14-30-74(62)87)36-40-59(71)60-41-37-54(46-72(60)85(84)90-81)56-39-43-68-66-27-11-18-34-78(66)88(80(68)49-56)75-31-15-8-24-63(75)64-25-9-16-32-76(64)88/h3-50H,1-2H3/b51-44+,52-3+. The van der Waals surface area contributed by atoms with Crippen LogP contribution < -0.4 is 0 Å². The van der Waals surface area contributed by atoms with Crippen LogP contribution in [0.1, 0.15) is 69.6 Å². The van der Waals surface area contributed by atoms with E-state index in [9.17, 15) is 0 Å². The van der Waals surface area contributed by atoms with Gasteiger partial charge in [-0.15, -0.1) is 0 Å². The highest BCUT2D eigenvalue weighted by molar-refractivity contribution is 6.25. The molecule has 0 aliphatic heterocycles. The van der Waals surface area contributed by atoms with E-state index in [1.165, 1.54) is 99.8 Å². The van der Waals surface area contributed by atoms with Crippen molar-refractivity contribution in [1.82, 2.24) is 9.97 Å². The van der Waals surface area contributed by atoms with Gasteiger partial charge in [-0.1, -0.05) is 243 Å². The Morgan fingerprint density at radius 2 is 0.769 bits per heavy atom. The highest BCUT2D eigenvalue weighted by Crippen LogP contribution is 2.65. The average molecular weight is 1160 g/mol. The van der Waals surface area contributed by atoms with Crippen molar-refractivity contribution in [2.75, 3.05) is 0 Å². The maximum absolute atomic E-state index is 6.79. The van der Waals surface area contributed by atoms with E-state index in [2.05, 4.69) is 293 Å². The first-order chi connectivity index (χ1) is 45.0. The summed E-state index contributed by atoms with van der Waals surface area (Å²) in [7, 11) is 0. The van der Waals surface area contributed by atoms with Crippen LogP contribution in [0.4, 0.5) is 0 Å². The lowest BCUT2D eigenvalue weighted by molar-refractivity contribution is 0.668. The van der Waals surface area contributed by atoms with Crippen molar-refractivity contribution in [3.8, 4) is 66.8 Å². The smallest absolute Gasteiger partial charge is 0.143 e. The van der Waals surface area contributed by atoms with Crippen molar-refractivity contribution in [1.29, 1.82) is 0 Å². The predicted octanol–water partition coefficient (Wildman–Crippen LogP) is 22.5. The van der Waals surface area contributed by atoms with Crippen molar-refractivity contribution in [2.24, 2.45) is 0 Å². The maximum atomic E-state index is 6.79. The van der Waals surface area contributed by atoms with E-state index in [0.29, 0.717) is 0 Å². The van der Waals surface area contributed by atoms with Gasteiger partial charge in [0, 0.05) is 27.1 Å². The number of rotatable bonds is 5. The minimum absolute atomic E-state index is 0.450. The summed E-state index contributed by atoms with van der Waals surface area (Å²) in [6.07, 6.45) is 6.44. The molecule has 0 N–H and O–H groups in total. The van der Waals surface area contributed by atoms with Crippen LogP contribution >= 0.6 is 0 Å². The number of hydrogen-bond acceptors (Lipinski definition) is 3. The van der Waals surface area contributed by atoms with Gasteiger partial charge in [0.25, 0.3) is 0 Å². The molecule has 16 aromatic rings. The lowest BCUT2D eigenvalue weighted by Crippen LogP contribution is -2.25. The summed E-state index contributed by atoms with van der Waals surface area (Å²) in [5, 5.41) is 8.99. The molecule has 3 nitrogen and oxygen atoms in total. The number of hydrogen-bond donors (Lipinski definition) is 0. The second kappa shape index (κ2) is 18.5. The molecule has 0 radical (unpaired) electrons. The molecule has 14 aromatic carbocycles. The summed E-state index contributed by atoms with van der Waals surface area (Å²) >= 11 is 0. The third kappa shape index (κ3) is 6.61. The zero-order chi connectivity index (χ0) is 59.8. The minimum atomic E-state index is -0.457. The van der Waals surface area contributed by atoms with Gasteiger partial charge in [-0.3, -0.25) is 4.98 Å². The molecule has 91 heavy (non-hydrogen) atoms. The van der Waals surface area contributed by atoms with E-state index in [-0.39, 0.29) is 0 Å². The van der Waals surface area contributed by atoms with E-state index >= 15 is 0 Å². The lowest BCUT2D eigenvalue weighted by Gasteiger charge is -2.30. The molecule has 0 fully saturated rings. The molecule has 0 unspecified atom stereocenters. The summed E-state index contributed by atoms with van der Waals surface area (Å²) in [5.74, 6) is 0. The number of furan rings is 1. The third-order valence-electron chi connectivity index (χ3n) is 21.0. The van der Waals surface area contributed by atoms with Crippen molar-refractivity contribution in [2.45, 2.75) is 24.7 Å². The van der Waals surface area contributed by atoms with Crippen LogP contribution in [0.25, 0.3) is 143 Å². The van der Waals surface area contributed by atoms with Gasteiger partial charge in [-0.05, 0) is 200 Å². The molecular weight excluding hydrogens is 1100 g/mol. The van der Waals surface area contributed by atoms with Gasteiger partial charge in [-0.2, -0.15) is 0 Å². The summed E-state index contributed by atoms with van der Waals surface area (Å²) < 4.78 is 6.79. The van der Waals surface area contributed by atoms with Crippen molar-refractivity contribution in [3.05, 3.63) is 347 Å². The van der Waals surface area contributed by atoms with Crippen LogP contribution in [0.2, 0.25) is 0 Å². The number of allylic oxidation sites excluding steroid dienone is 4. The molecule has 3 heteroatoms. The molecule has 0 bridgehead atoms. The molecule has 2 spiro atoms. The van der Waals surface area contributed by atoms with Crippen molar-refractivity contribution < 1.29 is 4.42 Å². The fourth-order valence-corrected chi connectivity index (χ4v) is 17.2. The van der Waals surface area contributed by atoms with Gasteiger partial charge in [0.2, 0.25) is 0 Å². The minimum Gasteiger partial charge on any atom is -0.455 e. The van der Waals surface area contributed by atoms with Gasteiger partial charge < -0.3 is 4.42 Å². The number of benzene rings is 14. The topological polar surface area (TPSA) is 38.9 Å². The summed E-state index contributed by atoms with van der Waals surface area (Å²) in [6, 6.07) is 102. The van der Waals surface area contributed by atoms with Crippen LogP contribution in [-0.4, -0.2) is 9.97 Å². The molecular formula is C88H54N2O. The first-order valence-electron chi connectivity index (χ1n) is 31.7. The first-order valence-corrected chi connectivity index (χ1v) is 31.7. The van der Waals surface area contributed by atoms with E-state index in [1.807, 2.05) is 12.3 Å². The predicted molar refractivity (Wildman–Crippen MR) is 377 cm³/mol. The third-order valence-corrected chi connectivity index (χ3v) is 21.0. The Hall–Kier alpha value is -11.5. The highest BCUT2D eigenvalue weighted by atomic mass is 16.3. The molecule has 4 aliphatic carbocycles. The molecule has 4 aliphatic rings. The largest absolute Gasteiger partial charge is 0.455 e. The molecule has 422 valence electrons. The Balaban J connectivity index is 0.788. The molecule has 0 saturated carbocycles. The van der Waals surface area contributed by atoms with Gasteiger partial charge in [-0.25, -0.2) is 4.98 Å². The Labute approximate surface area is 526 Å². The van der Waals surface area contributed by atoms with E-state index in [0.717, 1.165) is 99.2 Å². The van der Waals surface area contributed by atoms with Gasteiger partial charge in [0.15, 0.2) is 0 Å². The van der Waals surface area contributed by atoms with Crippen molar-refractivity contribution >= 4 is 76.4 Å². The zero-order valence-electron chi connectivity index (χ0n) is 50.0. The van der Waals surface area contributed by atoms with Crippen molar-refractivity contribution in [3.63, 3.8) is 0 Å². The summed E-state index contributed by atoms with van der Waals surface area (Å²) in [5.41, 5.74) is 32.1. The zero-order valence-corrected chi connectivity index (χ0v) is 50.0. The molecule has 20 rings (SSSR count).